The van der Waals surface area contributed by atoms with Crippen LogP contribution in [0.5, 0.6) is 0 Å². The van der Waals surface area contributed by atoms with E-state index in [9.17, 15) is 13.2 Å². The molecular formula is C6H9F3O2. The fourth-order valence-electron chi connectivity index (χ4n) is 1.18. The lowest BCUT2D eigenvalue weighted by atomic mass is 10.0. The minimum absolute atomic E-state index is 0.0927. The highest BCUT2D eigenvalue weighted by atomic mass is 19.4. The van der Waals surface area contributed by atoms with Crippen LogP contribution in [-0.2, 0) is 4.74 Å². The summed E-state index contributed by atoms with van der Waals surface area (Å²) in [5, 5.41) is 8.52. The zero-order chi connectivity index (χ0) is 8.48. The SMILES string of the molecule is OC[C@H]1CCO[C@H]1C(F)(F)F. The van der Waals surface area contributed by atoms with Crippen LogP contribution in [0.3, 0.4) is 0 Å². The van der Waals surface area contributed by atoms with Gasteiger partial charge in [0.25, 0.3) is 0 Å². The number of rotatable bonds is 1. The van der Waals surface area contributed by atoms with Crippen molar-refractivity contribution in [2.24, 2.45) is 5.92 Å². The van der Waals surface area contributed by atoms with Crippen molar-refractivity contribution in [2.45, 2.75) is 18.7 Å². The van der Waals surface area contributed by atoms with Crippen LogP contribution in [0.4, 0.5) is 13.2 Å². The molecule has 0 aromatic heterocycles. The molecule has 0 bridgehead atoms. The molecule has 11 heavy (non-hydrogen) atoms. The van der Waals surface area contributed by atoms with Gasteiger partial charge in [0.2, 0.25) is 0 Å². The van der Waals surface area contributed by atoms with E-state index >= 15 is 0 Å². The van der Waals surface area contributed by atoms with E-state index in [1.807, 2.05) is 0 Å². The first-order valence-corrected chi connectivity index (χ1v) is 3.35. The van der Waals surface area contributed by atoms with Gasteiger partial charge < -0.3 is 9.84 Å². The molecular weight excluding hydrogens is 161 g/mol. The Morgan fingerprint density at radius 3 is 2.45 bits per heavy atom. The van der Waals surface area contributed by atoms with Gasteiger partial charge in [0.15, 0.2) is 6.10 Å². The van der Waals surface area contributed by atoms with E-state index < -0.39 is 24.8 Å². The van der Waals surface area contributed by atoms with Crippen LogP contribution < -0.4 is 0 Å². The number of aliphatic hydroxyl groups excluding tert-OH is 1. The molecule has 2 atom stereocenters. The Balaban J connectivity index is 2.57. The maximum absolute atomic E-state index is 12.0. The van der Waals surface area contributed by atoms with E-state index in [-0.39, 0.29) is 6.61 Å². The average molecular weight is 170 g/mol. The first-order valence-electron chi connectivity index (χ1n) is 3.35. The molecule has 0 aromatic rings. The quantitative estimate of drug-likeness (QED) is 0.634. The first kappa shape index (κ1) is 8.80. The molecule has 0 spiro atoms. The highest BCUT2D eigenvalue weighted by Gasteiger charge is 2.48. The molecule has 1 fully saturated rings. The molecule has 66 valence electrons. The highest BCUT2D eigenvalue weighted by molar-refractivity contribution is 4.81. The van der Waals surface area contributed by atoms with Crippen molar-refractivity contribution in [3.63, 3.8) is 0 Å². The van der Waals surface area contributed by atoms with Crippen LogP contribution in [0, 0.1) is 5.92 Å². The Hall–Kier alpha value is -0.290. The molecule has 0 aliphatic carbocycles. The molecule has 1 N–H and O–H groups in total. The zero-order valence-corrected chi connectivity index (χ0v) is 5.77. The molecule has 1 aliphatic rings. The number of ether oxygens (including phenoxy) is 1. The second-order valence-electron chi connectivity index (χ2n) is 2.56. The fourth-order valence-corrected chi connectivity index (χ4v) is 1.18. The van der Waals surface area contributed by atoms with Gasteiger partial charge in [-0.1, -0.05) is 0 Å². The molecule has 1 aliphatic heterocycles. The summed E-state index contributed by atoms with van der Waals surface area (Å²) in [4.78, 5) is 0. The van der Waals surface area contributed by atoms with E-state index in [2.05, 4.69) is 4.74 Å². The summed E-state index contributed by atoms with van der Waals surface area (Å²) in [6.07, 6.45) is -5.79. The van der Waals surface area contributed by atoms with E-state index in [1.54, 1.807) is 0 Å². The summed E-state index contributed by atoms with van der Waals surface area (Å²) in [5.41, 5.74) is 0. The topological polar surface area (TPSA) is 29.5 Å². The van der Waals surface area contributed by atoms with Gasteiger partial charge in [-0.05, 0) is 6.42 Å². The lowest BCUT2D eigenvalue weighted by molar-refractivity contribution is -0.218. The fraction of sp³-hybridized carbons (Fsp3) is 1.00. The molecule has 1 heterocycles. The van der Waals surface area contributed by atoms with Gasteiger partial charge in [-0.25, -0.2) is 0 Å². The minimum atomic E-state index is -4.33. The van der Waals surface area contributed by atoms with Crippen LogP contribution in [-0.4, -0.2) is 30.6 Å². The van der Waals surface area contributed by atoms with Crippen molar-refractivity contribution >= 4 is 0 Å². The third kappa shape index (κ3) is 1.84. The molecule has 0 saturated carbocycles. The van der Waals surface area contributed by atoms with Crippen LogP contribution in [0.25, 0.3) is 0 Å². The van der Waals surface area contributed by atoms with E-state index in [4.69, 9.17) is 5.11 Å². The summed E-state index contributed by atoms with van der Waals surface area (Å²) in [6.45, 7) is -0.362. The predicted octanol–water partition coefficient (Wildman–Crippen LogP) is 0.946. The number of hydrogen-bond donors (Lipinski definition) is 1. The van der Waals surface area contributed by atoms with Crippen LogP contribution in [0.15, 0.2) is 0 Å². The summed E-state index contributed by atoms with van der Waals surface area (Å²) in [7, 11) is 0. The predicted molar refractivity (Wildman–Crippen MR) is 31.0 cm³/mol. The van der Waals surface area contributed by atoms with Crippen LogP contribution in [0.1, 0.15) is 6.42 Å². The Bertz CT molecular complexity index is 134. The van der Waals surface area contributed by atoms with E-state index in [1.165, 1.54) is 0 Å². The van der Waals surface area contributed by atoms with Gasteiger partial charge in [-0.15, -0.1) is 0 Å². The molecule has 2 nitrogen and oxygen atoms in total. The van der Waals surface area contributed by atoms with E-state index in [0.29, 0.717) is 6.42 Å². The van der Waals surface area contributed by atoms with Gasteiger partial charge in [-0.2, -0.15) is 13.2 Å². The highest BCUT2D eigenvalue weighted by Crippen LogP contribution is 2.33. The minimum Gasteiger partial charge on any atom is -0.396 e. The third-order valence-corrected chi connectivity index (χ3v) is 1.77. The van der Waals surface area contributed by atoms with E-state index in [0.717, 1.165) is 0 Å². The molecule has 0 aromatic carbocycles. The van der Waals surface area contributed by atoms with Crippen molar-refractivity contribution in [1.82, 2.24) is 0 Å². The normalized spacial score (nSPS) is 32.7. The van der Waals surface area contributed by atoms with Gasteiger partial charge in [0.1, 0.15) is 0 Å². The third-order valence-electron chi connectivity index (χ3n) is 1.77. The molecule has 1 rings (SSSR count). The largest absolute Gasteiger partial charge is 0.414 e. The monoisotopic (exact) mass is 170 g/mol. The second-order valence-corrected chi connectivity index (χ2v) is 2.56. The number of alkyl halides is 3. The maximum atomic E-state index is 12.0. The number of hydrogen-bond acceptors (Lipinski definition) is 2. The van der Waals surface area contributed by atoms with Crippen molar-refractivity contribution in [3.05, 3.63) is 0 Å². The summed E-state index contributed by atoms with van der Waals surface area (Å²) < 4.78 is 40.3. The molecule has 0 amide bonds. The van der Waals surface area contributed by atoms with Crippen molar-refractivity contribution in [1.29, 1.82) is 0 Å². The first-order chi connectivity index (χ1) is 5.05. The lowest BCUT2D eigenvalue weighted by Crippen LogP contribution is -2.35. The smallest absolute Gasteiger partial charge is 0.396 e. The standard InChI is InChI=1S/C6H9F3O2/c7-6(8,9)5-4(3-10)1-2-11-5/h4-5,10H,1-3H2/t4-,5-/m1/s1. The van der Waals surface area contributed by atoms with Gasteiger partial charge in [0.05, 0.1) is 0 Å². The van der Waals surface area contributed by atoms with Gasteiger partial charge in [-0.3, -0.25) is 0 Å². The Morgan fingerprint density at radius 2 is 2.09 bits per heavy atom. The maximum Gasteiger partial charge on any atom is 0.414 e. The second kappa shape index (κ2) is 2.98. The van der Waals surface area contributed by atoms with Crippen molar-refractivity contribution in [2.75, 3.05) is 13.2 Å². The Labute approximate surface area is 62.0 Å². The molecule has 0 radical (unpaired) electrons. The molecule has 0 unspecified atom stereocenters. The number of halogens is 3. The summed E-state index contributed by atoms with van der Waals surface area (Å²) in [6, 6.07) is 0. The van der Waals surface area contributed by atoms with Crippen LogP contribution >= 0.6 is 0 Å². The average Bonchev–Trinajstić information content (AvgIpc) is 2.31. The summed E-state index contributed by atoms with van der Waals surface area (Å²) >= 11 is 0. The van der Waals surface area contributed by atoms with Crippen molar-refractivity contribution < 1.29 is 23.0 Å². The molecule has 1 saturated heterocycles. The molecule has 5 heteroatoms. The number of aliphatic hydroxyl groups is 1. The van der Waals surface area contributed by atoms with Crippen LogP contribution in [0.2, 0.25) is 0 Å². The Kier molecular flexibility index (Phi) is 2.39. The lowest BCUT2D eigenvalue weighted by Gasteiger charge is -2.18. The summed E-state index contributed by atoms with van der Waals surface area (Å²) in [5.74, 6) is -0.769. The zero-order valence-electron chi connectivity index (χ0n) is 5.77. The van der Waals surface area contributed by atoms with Crippen molar-refractivity contribution in [3.8, 4) is 0 Å². The van der Waals surface area contributed by atoms with Gasteiger partial charge in [0, 0.05) is 19.1 Å². The van der Waals surface area contributed by atoms with Gasteiger partial charge >= 0.3 is 6.18 Å². The Morgan fingerprint density at radius 1 is 1.45 bits per heavy atom.